The molecule has 0 aromatic heterocycles. The molecule has 2 atom stereocenters. The minimum atomic E-state index is -0.425. The maximum atomic E-state index is 12.5. The molecule has 0 saturated carbocycles. The second-order valence-corrected chi connectivity index (χ2v) is 8.38. The van der Waals surface area contributed by atoms with Gasteiger partial charge in [0.1, 0.15) is 5.60 Å². The smallest absolute Gasteiger partial charge is 0.410 e. The number of nitrogens with zero attached hydrogens (tertiary/aromatic N) is 2. The van der Waals surface area contributed by atoms with Crippen molar-refractivity contribution in [3.63, 3.8) is 0 Å². The summed E-state index contributed by atoms with van der Waals surface area (Å²) in [5.74, 6) is 0. The molecule has 2 aliphatic heterocycles. The minimum absolute atomic E-state index is 0.155. The number of carbonyl (C=O) groups is 1. The van der Waals surface area contributed by atoms with E-state index in [1.807, 2.05) is 25.7 Å². The molecule has 0 bridgehead atoms. The first-order chi connectivity index (χ1) is 11.4. The van der Waals surface area contributed by atoms with E-state index in [9.17, 15) is 4.79 Å². The van der Waals surface area contributed by atoms with E-state index < -0.39 is 5.60 Å². The van der Waals surface area contributed by atoms with Crippen molar-refractivity contribution in [1.82, 2.24) is 15.1 Å². The van der Waals surface area contributed by atoms with E-state index in [0.717, 1.165) is 25.9 Å². The number of rotatable bonds is 6. The number of piperidine rings is 1. The average Bonchev–Trinajstić information content (AvgIpc) is 3.03. The van der Waals surface area contributed by atoms with Crippen molar-refractivity contribution in [1.29, 1.82) is 0 Å². The highest BCUT2D eigenvalue weighted by atomic mass is 16.6. The molecule has 2 heterocycles. The molecule has 0 aromatic rings. The Morgan fingerprint density at radius 1 is 1.17 bits per heavy atom. The highest BCUT2D eigenvalue weighted by Crippen LogP contribution is 2.22. The molecule has 24 heavy (non-hydrogen) atoms. The van der Waals surface area contributed by atoms with Crippen LogP contribution in [-0.2, 0) is 4.74 Å². The number of hydrogen-bond acceptors (Lipinski definition) is 4. The zero-order valence-electron chi connectivity index (χ0n) is 16.1. The van der Waals surface area contributed by atoms with Crippen molar-refractivity contribution >= 4 is 6.09 Å². The average molecular weight is 340 g/mol. The summed E-state index contributed by atoms with van der Waals surface area (Å²) in [6.07, 6.45) is 7.09. The van der Waals surface area contributed by atoms with Gasteiger partial charge >= 0.3 is 6.09 Å². The number of hydrogen-bond donors (Lipinski definition) is 1. The van der Waals surface area contributed by atoms with Gasteiger partial charge in [0.15, 0.2) is 0 Å². The molecule has 1 amide bonds. The summed E-state index contributed by atoms with van der Waals surface area (Å²) >= 11 is 0. The fourth-order valence-corrected chi connectivity index (χ4v) is 3.80. The van der Waals surface area contributed by atoms with Crippen molar-refractivity contribution in [3.05, 3.63) is 0 Å². The van der Waals surface area contributed by atoms with Crippen LogP contribution in [0, 0.1) is 0 Å². The van der Waals surface area contributed by atoms with Gasteiger partial charge in [-0.3, -0.25) is 0 Å². The highest BCUT2D eigenvalue weighted by Gasteiger charge is 2.33. The maximum Gasteiger partial charge on any atom is 0.410 e. The van der Waals surface area contributed by atoms with Crippen LogP contribution in [0.4, 0.5) is 4.79 Å². The van der Waals surface area contributed by atoms with Crippen LogP contribution in [0.15, 0.2) is 0 Å². The predicted molar refractivity (Wildman–Crippen MR) is 98.3 cm³/mol. The van der Waals surface area contributed by atoms with Crippen molar-refractivity contribution in [2.75, 3.05) is 32.7 Å². The number of carbonyl (C=O) groups excluding carboxylic acids is 1. The summed E-state index contributed by atoms with van der Waals surface area (Å²) in [6.45, 7) is 13.6. The van der Waals surface area contributed by atoms with Crippen LogP contribution in [-0.4, -0.2) is 66.3 Å². The minimum Gasteiger partial charge on any atom is -0.444 e. The summed E-state index contributed by atoms with van der Waals surface area (Å²) in [5, 5.41) is 3.65. The predicted octanol–water partition coefficient (Wildman–Crippen LogP) is 3.24. The standard InChI is InChI=1S/C19H37N3O2/c1-16(20-11-9-14-21-12-7-8-13-21)17-10-5-6-15-22(17)18(23)24-19(2,3)4/h16-17,20H,5-15H2,1-4H3/t16-,17+/m1/s1. The van der Waals surface area contributed by atoms with Crippen LogP contribution in [0.3, 0.4) is 0 Å². The molecule has 0 unspecified atom stereocenters. The number of amides is 1. The van der Waals surface area contributed by atoms with Crippen LogP contribution < -0.4 is 5.32 Å². The molecule has 0 radical (unpaired) electrons. The van der Waals surface area contributed by atoms with Gasteiger partial charge in [-0.2, -0.15) is 0 Å². The number of ether oxygens (including phenoxy) is 1. The third-order valence-electron chi connectivity index (χ3n) is 5.07. The Hall–Kier alpha value is -0.810. The zero-order valence-corrected chi connectivity index (χ0v) is 16.1. The fourth-order valence-electron chi connectivity index (χ4n) is 3.80. The molecule has 0 aliphatic carbocycles. The summed E-state index contributed by atoms with van der Waals surface area (Å²) < 4.78 is 5.60. The van der Waals surface area contributed by atoms with E-state index in [4.69, 9.17) is 4.74 Å². The van der Waals surface area contributed by atoms with Gasteiger partial charge in [-0.15, -0.1) is 0 Å². The maximum absolute atomic E-state index is 12.5. The SMILES string of the molecule is C[C@@H](NCCCN1CCCC1)[C@@H]1CCCCN1C(=O)OC(C)(C)C. The van der Waals surface area contributed by atoms with Gasteiger partial charge < -0.3 is 19.9 Å². The Morgan fingerprint density at radius 2 is 1.83 bits per heavy atom. The normalized spacial score (nSPS) is 24.2. The first-order valence-electron chi connectivity index (χ1n) is 9.82. The quantitative estimate of drug-likeness (QED) is 0.755. The van der Waals surface area contributed by atoms with Gasteiger partial charge in [0.05, 0.1) is 6.04 Å². The molecule has 2 saturated heterocycles. The molecular weight excluding hydrogens is 302 g/mol. The summed E-state index contributed by atoms with van der Waals surface area (Å²) in [6, 6.07) is 0.566. The highest BCUT2D eigenvalue weighted by molar-refractivity contribution is 5.68. The van der Waals surface area contributed by atoms with Gasteiger partial charge in [0.25, 0.3) is 0 Å². The molecule has 5 nitrogen and oxygen atoms in total. The van der Waals surface area contributed by atoms with E-state index in [1.54, 1.807) is 0 Å². The van der Waals surface area contributed by atoms with E-state index >= 15 is 0 Å². The van der Waals surface area contributed by atoms with Crippen LogP contribution in [0.25, 0.3) is 0 Å². The van der Waals surface area contributed by atoms with E-state index in [2.05, 4.69) is 17.1 Å². The van der Waals surface area contributed by atoms with Crippen LogP contribution in [0.2, 0.25) is 0 Å². The van der Waals surface area contributed by atoms with Crippen molar-refractivity contribution < 1.29 is 9.53 Å². The Balaban J connectivity index is 1.76. The molecule has 1 N–H and O–H groups in total. The molecule has 2 aliphatic rings. The largest absolute Gasteiger partial charge is 0.444 e. The Bertz CT molecular complexity index is 389. The summed E-state index contributed by atoms with van der Waals surface area (Å²) in [4.78, 5) is 17.0. The van der Waals surface area contributed by atoms with E-state index in [-0.39, 0.29) is 12.1 Å². The zero-order chi connectivity index (χ0) is 17.6. The second-order valence-electron chi connectivity index (χ2n) is 8.38. The summed E-state index contributed by atoms with van der Waals surface area (Å²) in [7, 11) is 0. The Morgan fingerprint density at radius 3 is 2.50 bits per heavy atom. The number of nitrogens with one attached hydrogen (secondary N) is 1. The first-order valence-corrected chi connectivity index (χ1v) is 9.82. The van der Waals surface area contributed by atoms with E-state index in [1.165, 1.54) is 45.3 Å². The molecule has 140 valence electrons. The van der Waals surface area contributed by atoms with Gasteiger partial charge in [0, 0.05) is 12.6 Å². The first kappa shape index (κ1) is 19.5. The lowest BCUT2D eigenvalue weighted by atomic mass is 9.97. The van der Waals surface area contributed by atoms with Crippen LogP contribution >= 0.6 is 0 Å². The molecular formula is C19H37N3O2. The molecule has 2 fully saturated rings. The van der Waals surface area contributed by atoms with Gasteiger partial charge in [0.2, 0.25) is 0 Å². The molecule has 0 spiro atoms. The molecule has 2 rings (SSSR count). The Labute approximate surface area is 148 Å². The third-order valence-corrected chi connectivity index (χ3v) is 5.07. The topological polar surface area (TPSA) is 44.8 Å². The van der Waals surface area contributed by atoms with Crippen LogP contribution in [0.1, 0.15) is 66.2 Å². The van der Waals surface area contributed by atoms with Gasteiger partial charge in [-0.25, -0.2) is 4.79 Å². The lowest BCUT2D eigenvalue weighted by Crippen LogP contribution is -2.54. The molecule has 0 aromatic carbocycles. The second kappa shape index (κ2) is 9.04. The van der Waals surface area contributed by atoms with Crippen LogP contribution in [0.5, 0.6) is 0 Å². The molecule has 5 heteroatoms. The lowest BCUT2D eigenvalue weighted by Gasteiger charge is -2.40. The van der Waals surface area contributed by atoms with E-state index in [0.29, 0.717) is 6.04 Å². The summed E-state index contributed by atoms with van der Waals surface area (Å²) in [5.41, 5.74) is -0.425. The van der Waals surface area contributed by atoms with Crippen molar-refractivity contribution in [2.45, 2.75) is 83.9 Å². The van der Waals surface area contributed by atoms with Crippen molar-refractivity contribution in [2.24, 2.45) is 0 Å². The van der Waals surface area contributed by atoms with Gasteiger partial charge in [-0.1, -0.05) is 0 Å². The Kier molecular flexibility index (Phi) is 7.35. The lowest BCUT2D eigenvalue weighted by molar-refractivity contribution is 0.00559. The third kappa shape index (κ3) is 6.25. The van der Waals surface area contributed by atoms with Crippen molar-refractivity contribution in [3.8, 4) is 0 Å². The van der Waals surface area contributed by atoms with Gasteiger partial charge in [-0.05, 0) is 92.4 Å². The monoisotopic (exact) mass is 339 g/mol. The number of likely N-dealkylation sites (tertiary alicyclic amines) is 2. The fraction of sp³-hybridized carbons (Fsp3) is 0.947.